The fourth-order valence-electron chi connectivity index (χ4n) is 0.884. The van der Waals surface area contributed by atoms with Crippen LogP contribution < -0.4 is 5.32 Å². The second-order valence-corrected chi connectivity index (χ2v) is 2.43. The van der Waals surface area contributed by atoms with Gasteiger partial charge in [0.15, 0.2) is 0 Å². The van der Waals surface area contributed by atoms with Gasteiger partial charge in [0.05, 0.1) is 6.54 Å². The molecule has 0 saturated heterocycles. The van der Waals surface area contributed by atoms with Crippen molar-refractivity contribution in [2.45, 2.75) is 0 Å². The molecule has 4 nitrogen and oxygen atoms in total. The maximum absolute atomic E-state index is 11.2. The summed E-state index contributed by atoms with van der Waals surface area (Å²) in [6.07, 6.45) is 0.598. The van der Waals surface area contributed by atoms with Crippen molar-refractivity contribution in [3.8, 4) is 5.75 Å². The number of phenolic OH excluding ortho intramolecular Hbond substituents is 1. The number of rotatable bonds is 3. The Labute approximate surface area is 75.2 Å². The standard InChI is InChI=1S/C9H9NO3/c11-5-4-10-9(13)7-2-1-3-8(12)6-7/h1-3,5-6,12H,4H2,(H,10,13). The van der Waals surface area contributed by atoms with Crippen molar-refractivity contribution in [3.63, 3.8) is 0 Å². The van der Waals surface area contributed by atoms with Gasteiger partial charge in [-0.05, 0) is 18.2 Å². The minimum absolute atomic E-state index is 0.0194. The molecule has 4 heteroatoms. The van der Waals surface area contributed by atoms with Gasteiger partial charge in [0.1, 0.15) is 12.0 Å². The first-order chi connectivity index (χ1) is 6.24. The minimum Gasteiger partial charge on any atom is -0.508 e. The molecular weight excluding hydrogens is 170 g/mol. The van der Waals surface area contributed by atoms with E-state index in [-0.39, 0.29) is 18.2 Å². The highest BCUT2D eigenvalue weighted by molar-refractivity contribution is 5.95. The molecule has 2 N–H and O–H groups in total. The lowest BCUT2D eigenvalue weighted by molar-refractivity contribution is -0.107. The van der Waals surface area contributed by atoms with E-state index in [1.807, 2.05) is 0 Å². The number of phenols is 1. The van der Waals surface area contributed by atoms with Crippen LogP contribution in [-0.4, -0.2) is 23.8 Å². The van der Waals surface area contributed by atoms with Gasteiger partial charge < -0.3 is 15.2 Å². The number of nitrogens with one attached hydrogen (secondary N) is 1. The van der Waals surface area contributed by atoms with E-state index in [0.29, 0.717) is 11.8 Å². The molecule has 0 saturated carbocycles. The molecule has 1 amide bonds. The topological polar surface area (TPSA) is 66.4 Å². The van der Waals surface area contributed by atoms with Crippen molar-refractivity contribution in [1.29, 1.82) is 0 Å². The first-order valence-electron chi connectivity index (χ1n) is 3.75. The number of carbonyl (C=O) groups excluding carboxylic acids is 2. The summed E-state index contributed by atoms with van der Waals surface area (Å²) in [5, 5.41) is 11.4. The fraction of sp³-hybridized carbons (Fsp3) is 0.111. The van der Waals surface area contributed by atoms with Crippen LogP contribution in [0.3, 0.4) is 0 Å². The van der Waals surface area contributed by atoms with Crippen molar-refractivity contribution >= 4 is 12.2 Å². The second-order valence-electron chi connectivity index (χ2n) is 2.43. The van der Waals surface area contributed by atoms with E-state index in [1.165, 1.54) is 12.1 Å². The molecule has 13 heavy (non-hydrogen) atoms. The molecule has 0 aliphatic heterocycles. The third-order valence-corrected chi connectivity index (χ3v) is 1.45. The average Bonchev–Trinajstić information content (AvgIpc) is 2.14. The molecule has 0 fully saturated rings. The molecule has 68 valence electrons. The summed E-state index contributed by atoms with van der Waals surface area (Å²) in [4.78, 5) is 21.1. The lowest BCUT2D eigenvalue weighted by atomic mass is 10.2. The van der Waals surface area contributed by atoms with E-state index in [4.69, 9.17) is 5.11 Å². The van der Waals surface area contributed by atoms with Crippen LogP contribution in [0.5, 0.6) is 5.75 Å². The number of benzene rings is 1. The smallest absolute Gasteiger partial charge is 0.251 e. The molecule has 0 spiro atoms. The fourth-order valence-corrected chi connectivity index (χ4v) is 0.884. The number of aldehydes is 1. The largest absolute Gasteiger partial charge is 0.508 e. The van der Waals surface area contributed by atoms with Gasteiger partial charge in [-0.2, -0.15) is 0 Å². The van der Waals surface area contributed by atoms with E-state index in [1.54, 1.807) is 12.1 Å². The Morgan fingerprint density at radius 2 is 2.31 bits per heavy atom. The van der Waals surface area contributed by atoms with E-state index in [2.05, 4.69) is 5.32 Å². The summed E-state index contributed by atoms with van der Waals surface area (Å²) >= 11 is 0. The van der Waals surface area contributed by atoms with Crippen LogP contribution in [-0.2, 0) is 4.79 Å². The highest BCUT2D eigenvalue weighted by Gasteiger charge is 2.03. The second kappa shape index (κ2) is 4.25. The Hall–Kier alpha value is -1.84. The Balaban J connectivity index is 2.71. The van der Waals surface area contributed by atoms with E-state index in [9.17, 15) is 9.59 Å². The summed E-state index contributed by atoms with van der Waals surface area (Å²) in [7, 11) is 0. The first kappa shape index (κ1) is 9.25. The number of hydrogen-bond donors (Lipinski definition) is 2. The summed E-state index contributed by atoms with van der Waals surface area (Å²) in [5.74, 6) is -0.346. The number of carbonyl (C=O) groups is 2. The molecule has 1 aromatic rings. The van der Waals surface area contributed by atoms with Crippen molar-refractivity contribution < 1.29 is 14.7 Å². The summed E-state index contributed by atoms with van der Waals surface area (Å²) in [6.45, 7) is -0.0194. The van der Waals surface area contributed by atoms with E-state index >= 15 is 0 Å². The van der Waals surface area contributed by atoms with Crippen LogP contribution in [0.1, 0.15) is 10.4 Å². The van der Waals surface area contributed by atoms with Crippen LogP contribution in [0.25, 0.3) is 0 Å². The van der Waals surface area contributed by atoms with Crippen molar-refractivity contribution in [1.82, 2.24) is 5.32 Å². The van der Waals surface area contributed by atoms with Gasteiger partial charge in [0.25, 0.3) is 5.91 Å². The van der Waals surface area contributed by atoms with Gasteiger partial charge in [0, 0.05) is 5.56 Å². The Morgan fingerprint density at radius 1 is 1.54 bits per heavy atom. The molecule has 1 rings (SSSR count). The van der Waals surface area contributed by atoms with Gasteiger partial charge in [-0.1, -0.05) is 6.07 Å². The van der Waals surface area contributed by atoms with Crippen molar-refractivity contribution in [2.24, 2.45) is 0 Å². The lowest BCUT2D eigenvalue weighted by Gasteiger charge is -2.00. The summed E-state index contributed by atoms with van der Waals surface area (Å²) in [6, 6.07) is 5.92. The molecule has 0 radical (unpaired) electrons. The van der Waals surface area contributed by atoms with Gasteiger partial charge in [-0.15, -0.1) is 0 Å². The highest BCUT2D eigenvalue weighted by Crippen LogP contribution is 2.10. The van der Waals surface area contributed by atoms with Crippen LogP contribution >= 0.6 is 0 Å². The van der Waals surface area contributed by atoms with E-state index in [0.717, 1.165) is 0 Å². The summed E-state index contributed by atoms with van der Waals surface area (Å²) in [5.41, 5.74) is 0.335. The molecular formula is C9H9NO3. The van der Waals surface area contributed by atoms with Crippen LogP contribution in [0.15, 0.2) is 24.3 Å². The van der Waals surface area contributed by atoms with Gasteiger partial charge in [-0.3, -0.25) is 4.79 Å². The molecule has 0 aromatic heterocycles. The molecule has 0 atom stereocenters. The van der Waals surface area contributed by atoms with Crippen LogP contribution in [0.2, 0.25) is 0 Å². The van der Waals surface area contributed by atoms with Gasteiger partial charge >= 0.3 is 0 Å². The number of aromatic hydroxyl groups is 1. The zero-order chi connectivity index (χ0) is 9.68. The molecule has 1 aromatic carbocycles. The van der Waals surface area contributed by atoms with Crippen molar-refractivity contribution in [3.05, 3.63) is 29.8 Å². The van der Waals surface area contributed by atoms with Crippen LogP contribution in [0.4, 0.5) is 0 Å². The Morgan fingerprint density at radius 3 is 2.92 bits per heavy atom. The van der Waals surface area contributed by atoms with Gasteiger partial charge in [-0.25, -0.2) is 0 Å². The maximum Gasteiger partial charge on any atom is 0.251 e. The molecule has 0 aliphatic rings. The number of hydrogen-bond acceptors (Lipinski definition) is 3. The average molecular weight is 179 g/mol. The SMILES string of the molecule is O=CCNC(=O)c1cccc(O)c1. The Bertz CT molecular complexity index is 322. The Kier molecular flexibility index (Phi) is 3.03. The number of amides is 1. The minimum atomic E-state index is -0.372. The maximum atomic E-state index is 11.2. The lowest BCUT2D eigenvalue weighted by Crippen LogP contribution is -2.24. The van der Waals surface area contributed by atoms with Gasteiger partial charge in [0.2, 0.25) is 0 Å². The first-order valence-corrected chi connectivity index (χ1v) is 3.75. The normalized spacial score (nSPS) is 9.23. The summed E-state index contributed by atoms with van der Waals surface area (Å²) < 4.78 is 0. The molecule has 0 heterocycles. The highest BCUT2D eigenvalue weighted by atomic mass is 16.3. The van der Waals surface area contributed by atoms with Crippen molar-refractivity contribution in [2.75, 3.05) is 6.54 Å². The zero-order valence-corrected chi connectivity index (χ0v) is 6.86. The van der Waals surface area contributed by atoms with E-state index < -0.39 is 0 Å². The monoisotopic (exact) mass is 179 g/mol. The van der Waals surface area contributed by atoms with Crippen LogP contribution in [0, 0.1) is 0 Å². The predicted molar refractivity (Wildman–Crippen MR) is 46.5 cm³/mol. The molecule has 0 bridgehead atoms. The molecule has 0 aliphatic carbocycles. The predicted octanol–water partition coefficient (Wildman–Crippen LogP) is 0.321. The third-order valence-electron chi connectivity index (χ3n) is 1.45. The quantitative estimate of drug-likeness (QED) is 0.657. The third kappa shape index (κ3) is 2.59. The zero-order valence-electron chi connectivity index (χ0n) is 6.86. The molecule has 0 unspecified atom stereocenters.